The molecule has 1 aromatic rings. The highest BCUT2D eigenvalue weighted by molar-refractivity contribution is 5.70. The lowest BCUT2D eigenvalue weighted by atomic mass is 10.1. The summed E-state index contributed by atoms with van der Waals surface area (Å²) in [6, 6.07) is 6.06. The van der Waals surface area contributed by atoms with Crippen LogP contribution >= 0.6 is 0 Å². The molecule has 0 aliphatic heterocycles. The van der Waals surface area contributed by atoms with Crippen LogP contribution < -0.4 is 0 Å². The van der Waals surface area contributed by atoms with E-state index in [9.17, 15) is 0 Å². The Morgan fingerprint density at radius 2 is 1.93 bits per heavy atom. The van der Waals surface area contributed by atoms with Gasteiger partial charge in [0.1, 0.15) is 0 Å². The Labute approximate surface area is 87.2 Å². The van der Waals surface area contributed by atoms with E-state index < -0.39 is 0 Å². The molecule has 0 aromatic heterocycles. The van der Waals surface area contributed by atoms with Gasteiger partial charge in [0, 0.05) is 11.8 Å². The molecule has 0 aliphatic carbocycles. The Bertz CT molecular complexity index is 311. The Hall–Kier alpha value is -1.37. The summed E-state index contributed by atoms with van der Waals surface area (Å²) in [7, 11) is 0. The van der Waals surface area contributed by atoms with Gasteiger partial charge in [-0.3, -0.25) is 4.99 Å². The third-order valence-corrected chi connectivity index (χ3v) is 1.77. The molecule has 0 N–H and O–H groups in total. The molecular weight excluding hydrogens is 170 g/mol. The second kappa shape index (κ2) is 7.07. The molecule has 1 heteroatoms. The van der Waals surface area contributed by atoms with E-state index in [1.165, 1.54) is 5.56 Å². The molecule has 0 heterocycles. The van der Waals surface area contributed by atoms with E-state index in [1.807, 2.05) is 39.0 Å². The topological polar surface area (TPSA) is 12.4 Å². The van der Waals surface area contributed by atoms with E-state index in [0.717, 1.165) is 11.3 Å². The second-order valence-electron chi connectivity index (χ2n) is 2.60. The molecule has 14 heavy (non-hydrogen) atoms. The van der Waals surface area contributed by atoms with Crippen LogP contribution in [-0.2, 0) is 0 Å². The molecule has 1 rings (SSSR count). The van der Waals surface area contributed by atoms with E-state index in [0.29, 0.717) is 0 Å². The maximum Gasteiger partial charge on any atom is 0.0700 e. The van der Waals surface area contributed by atoms with Crippen LogP contribution in [0.5, 0.6) is 0 Å². The largest absolute Gasteiger partial charge is 0.261 e. The van der Waals surface area contributed by atoms with Gasteiger partial charge in [0.2, 0.25) is 0 Å². The number of nitrogens with zero attached hydrogens (tertiary/aromatic N) is 1. The predicted octanol–water partition coefficient (Wildman–Crippen LogP) is 4.39. The SMILES string of the molecule is C=Cc1c(C)cccc1N=CC.CC. The van der Waals surface area contributed by atoms with Gasteiger partial charge in [-0.1, -0.05) is 38.6 Å². The fourth-order valence-corrected chi connectivity index (χ4v) is 1.18. The Morgan fingerprint density at radius 3 is 2.43 bits per heavy atom. The first-order valence-electron chi connectivity index (χ1n) is 5.00. The number of hydrogen-bond acceptors (Lipinski definition) is 1. The lowest BCUT2D eigenvalue weighted by molar-refractivity contribution is 1.40. The first kappa shape index (κ1) is 12.6. The average Bonchev–Trinajstić information content (AvgIpc) is 2.22. The number of hydrogen-bond donors (Lipinski definition) is 0. The van der Waals surface area contributed by atoms with Crippen LogP contribution in [0.4, 0.5) is 5.69 Å². The first-order chi connectivity index (χ1) is 6.79. The van der Waals surface area contributed by atoms with Crippen molar-refractivity contribution in [3.8, 4) is 0 Å². The molecule has 76 valence electrons. The van der Waals surface area contributed by atoms with Gasteiger partial charge < -0.3 is 0 Å². The van der Waals surface area contributed by atoms with Gasteiger partial charge >= 0.3 is 0 Å². The highest BCUT2D eigenvalue weighted by Gasteiger charge is 1.98. The molecule has 1 nitrogen and oxygen atoms in total. The highest BCUT2D eigenvalue weighted by atomic mass is 14.7. The molecule has 0 saturated carbocycles. The average molecular weight is 189 g/mol. The second-order valence-corrected chi connectivity index (χ2v) is 2.60. The van der Waals surface area contributed by atoms with Crippen molar-refractivity contribution in [2.45, 2.75) is 27.7 Å². The monoisotopic (exact) mass is 189 g/mol. The zero-order valence-corrected chi connectivity index (χ0v) is 9.54. The van der Waals surface area contributed by atoms with Crippen LogP contribution in [0, 0.1) is 6.92 Å². The minimum atomic E-state index is 0.993. The van der Waals surface area contributed by atoms with Crippen molar-refractivity contribution in [1.82, 2.24) is 0 Å². The third-order valence-electron chi connectivity index (χ3n) is 1.77. The van der Waals surface area contributed by atoms with Gasteiger partial charge in [-0.2, -0.15) is 0 Å². The van der Waals surface area contributed by atoms with Crippen LogP contribution in [0.2, 0.25) is 0 Å². The quantitative estimate of drug-likeness (QED) is 0.612. The summed E-state index contributed by atoms with van der Waals surface area (Å²) in [5.74, 6) is 0. The lowest BCUT2D eigenvalue weighted by Gasteiger charge is -2.02. The first-order valence-corrected chi connectivity index (χ1v) is 5.00. The maximum atomic E-state index is 4.24. The molecule has 1 aromatic carbocycles. The van der Waals surface area contributed by atoms with E-state index >= 15 is 0 Å². The summed E-state index contributed by atoms with van der Waals surface area (Å²) in [5.41, 5.74) is 3.33. The Balaban J connectivity index is 0.000000791. The van der Waals surface area contributed by atoms with Crippen LogP contribution in [0.15, 0.2) is 29.8 Å². The van der Waals surface area contributed by atoms with E-state index in [-0.39, 0.29) is 0 Å². The molecule has 0 unspecified atom stereocenters. The number of aliphatic imine (C=N–C) groups is 1. The van der Waals surface area contributed by atoms with Gasteiger partial charge in [-0.05, 0) is 25.5 Å². The van der Waals surface area contributed by atoms with Gasteiger partial charge in [-0.15, -0.1) is 0 Å². The normalized spacial score (nSPS) is 9.43. The fraction of sp³-hybridized carbons (Fsp3) is 0.308. The molecule has 0 spiro atoms. The fourth-order valence-electron chi connectivity index (χ4n) is 1.18. The highest BCUT2D eigenvalue weighted by Crippen LogP contribution is 2.22. The molecular formula is C13H19N. The van der Waals surface area contributed by atoms with Crippen LogP contribution in [0.25, 0.3) is 6.08 Å². The molecule has 0 bridgehead atoms. The van der Waals surface area contributed by atoms with Crippen LogP contribution in [0.1, 0.15) is 31.9 Å². The summed E-state index contributed by atoms with van der Waals surface area (Å²) in [4.78, 5) is 4.24. The Kier molecular flexibility index (Phi) is 6.38. The summed E-state index contributed by atoms with van der Waals surface area (Å²) in [6.45, 7) is 11.7. The summed E-state index contributed by atoms with van der Waals surface area (Å²) >= 11 is 0. The minimum Gasteiger partial charge on any atom is -0.261 e. The molecule has 0 saturated heterocycles. The number of rotatable bonds is 2. The van der Waals surface area contributed by atoms with E-state index in [4.69, 9.17) is 0 Å². The van der Waals surface area contributed by atoms with Crippen LogP contribution in [0.3, 0.4) is 0 Å². The lowest BCUT2D eigenvalue weighted by Crippen LogP contribution is -1.80. The van der Waals surface area contributed by atoms with Crippen molar-refractivity contribution >= 4 is 18.0 Å². The van der Waals surface area contributed by atoms with E-state index in [2.05, 4.69) is 24.6 Å². The standard InChI is InChI=1S/C11H13N.C2H6/c1-4-10-9(3)7-6-8-11(10)12-5-2;1-2/h4-8H,1H2,2-3H3;1-2H3. The van der Waals surface area contributed by atoms with Crippen molar-refractivity contribution in [3.05, 3.63) is 35.9 Å². The molecule has 0 aliphatic rings. The van der Waals surface area contributed by atoms with Crippen molar-refractivity contribution < 1.29 is 0 Å². The summed E-state index contributed by atoms with van der Waals surface area (Å²) in [6.07, 6.45) is 3.64. The maximum absolute atomic E-state index is 4.24. The van der Waals surface area contributed by atoms with Crippen molar-refractivity contribution in [3.63, 3.8) is 0 Å². The zero-order valence-electron chi connectivity index (χ0n) is 9.54. The smallest absolute Gasteiger partial charge is 0.0700 e. The van der Waals surface area contributed by atoms with E-state index in [1.54, 1.807) is 6.21 Å². The van der Waals surface area contributed by atoms with Gasteiger partial charge in [0.05, 0.1) is 5.69 Å². The number of aryl methyl sites for hydroxylation is 1. The van der Waals surface area contributed by atoms with Crippen molar-refractivity contribution in [1.29, 1.82) is 0 Å². The third kappa shape index (κ3) is 3.17. The summed E-state index contributed by atoms with van der Waals surface area (Å²) < 4.78 is 0. The van der Waals surface area contributed by atoms with Gasteiger partial charge in [0.25, 0.3) is 0 Å². The predicted molar refractivity (Wildman–Crippen MR) is 66.4 cm³/mol. The summed E-state index contributed by atoms with van der Waals surface area (Å²) in [5, 5.41) is 0. The van der Waals surface area contributed by atoms with Crippen molar-refractivity contribution in [2.75, 3.05) is 0 Å². The number of benzene rings is 1. The van der Waals surface area contributed by atoms with Crippen molar-refractivity contribution in [2.24, 2.45) is 4.99 Å². The zero-order chi connectivity index (χ0) is 11.0. The van der Waals surface area contributed by atoms with Gasteiger partial charge in [0.15, 0.2) is 0 Å². The molecule has 0 fully saturated rings. The Morgan fingerprint density at radius 1 is 1.29 bits per heavy atom. The molecule has 0 radical (unpaired) electrons. The molecule has 0 amide bonds. The van der Waals surface area contributed by atoms with Gasteiger partial charge in [-0.25, -0.2) is 0 Å². The molecule has 0 atom stereocenters. The van der Waals surface area contributed by atoms with Crippen LogP contribution in [-0.4, -0.2) is 6.21 Å². The minimum absolute atomic E-state index is 0.993.